The van der Waals surface area contributed by atoms with Gasteiger partial charge in [0.1, 0.15) is 4.34 Å². The number of thiazole rings is 1. The van der Waals surface area contributed by atoms with Crippen LogP contribution in [0.25, 0.3) is 0 Å². The summed E-state index contributed by atoms with van der Waals surface area (Å²) >= 11 is 5.97. The summed E-state index contributed by atoms with van der Waals surface area (Å²) in [6.07, 6.45) is 1.12. The van der Waals surface area contributed by atoms with Crippen molar-refractivity contribution < 1.29 is 42.5 Å². The molecule has 0 fully saturated rings. The van der Waals surface area contributed by atoms with Crippen LogP contribution in [0.1, 0.15) is 0 Å². The Morgan fingerprint density at radius 3 is 2.36 bits per heavy atom. The van der Waals surface area contributed by atoms with Crippen LogP contribution in [0.2, 0.25) is 4.34 Å². The number of aromatic nitrogens is 1. The Bertz CT molecular complexity index is 334. The van der Waals surface area contributed by atoms with Crippen molar-refractivity contribution in [2.45, 2.75) is 4.34 Å². The summed E-state index contributed by atoms with van der Waals surface area (Å²) in [5, 5.41) is 0. The molecule has 0 amide bonds. The zero-order chi connectivity index (χ0) is 7.78. The minimum Gasteiger partial charge on any atom is -0.742 e. The molecule has 1 rings (SSSR count). The van der Waals surface area contributed by atoms with E-state index in [9.17, 15) is 13.0 Å². The molecule has 8 heteroatoms. The molecule has 1 aromatic heterocycles. The molecule has 0 aromatic carbocycles. The Hall–Kier alpha value is 0.830. The SMILES string of the molecule is O=S(=O)([O-])c1ncc(Cl)s1.[Na+]. The topological polar surface area (TPSA) is 70.1 Å². The molecule has 11 heavy (non-hydrogen) atoms. The number of nitrogens with zero attached hydrogens (tertiary/aromatic N) is 1. The summed E-state index contributed by atoms with van der Waals surface area (Å²) in [6, 6.07) is 0. The molecule has 0 unspecified atom stereocenters. The average Bonchev–Trinajstić information content (AvgIpc) is 2.11. The first-order valence-electron chi connectivity index (χ1n) is 2.07. The fraction of sp³-hybridized carbons (Fsp3) is 0. The van der Waals surface area contributed by atoms with Gasteiger partial charge in [0.05, 0.1) is 6.20 Å². The minimum absolute atomic E-state index is 0. The molecule has 0 saturated carbocycles. The molecule has 0 atom stereocenters. The molecular formula is C3HClNNaO3S2. The van der Waals surface area contributed by atoms with E-state index in [0.717, 1.165) is 6.20 Å². The Morgan fingerprint density at radius 2 is 2.18 bits per heavy atom. The van der Waals surface area contributed by atoms with Crippen LogP contribution in [-0.2, 0) is 10.1 Å². The van der Waals surface area contributed by atoms with Crippen LogP contribution in [-0.4, -0.2) is 18.0 Å². The minimum atomic E-state index is -4.41. The van der Waals surface area contributed by atoms with Crippen LogP contribution in [0.4, 0.5) is 0 Å². The summed E-state index contributed by atoms with van der Waals surface area (Å²) in [7, 11) is -4.41. The number of hydrogen-bond donors (Lipinski definition) is 0. The van der Waals surface area contributed by atoms with Crippen molar-refractivity contribution >= 4 is 33.1 Å². The standard InChI is InChI=1S/C3H2ClNO3S2.Na/c4-2-1-5-3(9-2)10(6,7)8;/h1H,(H,6,7,8);/q;+1/p-1. The van der Waals surface area contributed by atoms with Crippen molar-refractivity contribution in [2.24, 2.45) is 0 Å². The predicted octanol–water partition coefficient (Wildman–Crippen LogP) is -2.30. The van der Waals surface area contributed by atoms with Gasteiger partial charge in [0.25, 0.3) is 0 Å². The van der Waals surface area contributed by atoms with Crippen LogP contribution in [0, 0.1) is 0 Å². The average molecular weight is 222 g/mol. The van der Waals surface area contributed by atoms with E-state index in [-0.39, 0.29) is 33.9 Å². The first kappa shape index (κ1) is 11.8. The molecule has 0 spiro atoms. The largest absolute Gasteiger partial charge is 1.00 e. The smallest absolute Gasteiger partial charge is 0.742 e. The Morgan fingerprint density at radius 1 is 1.64 bits per heavy atom. The molecule has 0 aliphatic rings. The van der Waals surface area contributed by atoms with E-state index < -0.39 is 14.5 Å². The summed E-state index contributed by atoms with van der Waals surface area (Å²) in [4.78, 5) is 3.27. The van der Waals surface area contributed by atoms with Gasteiger partial charge in [0, 0.05) is 0 Å². The van der Waals surface area contributed by atoms with Crippen LogP contribution in [0.3, 0.4) is 0 Å². The second-order valence-corrected chi connectivity index (χ2v) is 4.60. The van der Waals surface area contributed by atoms with E-state index >= 15 is 0 Å². The fourth-order valence-corrected chi connectivity index (χ4v) is 2.00. The zero-order valence-corrected chi connectivity index (χ0v) is 9.83. The van der Waals surface area contributed by atoms with Crippen molar-refractivity contribution in [1.29, 1.82) is 0 Å². The van der Waals surface area contributed by atoms with Gasteiger partial charge in [-0.25, -0.2) is 13.4 Å². The second kappa shape index (κ2) is 4.18. The van der Waals surface area contributed by atoms with E-state index in [2.05, 4.69) is 4.98 Å². The van der Waals surface area contributed by atoms with Crippen molar-refractivity contribution in [3.05, 3.63) is 10.5 Å². The molecule has 1 heterocycles. The van der Waals surface area contributed by atoms with Crippen molar-refractivity contribution in [3.63, 3.8) is 0 Å². The first-order valence-corrected chi connectivity index (χ1v) is 4.67. The molecule has 0 N–H and O–H groups in total. The van der Waals surface area contributed by atoms with Crippen LogP contribution >= 0.6 is 22.9 Å². The number of halogens is 1. The van der Waals surface area contributed by atoms with Gasteiger partial charge >= 0.3 is 29.6 Å². The summed E-state index contributed by atoms with van der Waals surface area (Å²) in [5.74, 6) is 0. The number of rotatable bonds is 1. The third-order valence-electron chi connectivity index (χ3n) is 0.670. The number of hydrogen-bond acceptors (Lipinski definition) is 5. The van der Waals surface area contributed by atoms with Gasteiger partial charge < -0.3 is 4.55 Å². The monoisotopic (exact) mass is 221 g/mol. The molecular weight excluding hydrogens is 221 g/mol. The molecule has 4 nitrogen and oxygen atoms in total. The van der Waals surface area contributed by atoms with Crippen molar-refractivity contribution in [3.8, 4) is 0 Å². The zero-order valence-electron chi connectivity index (χ0n) is 5.44. The van der Waals surface area contributed by atoms with E-state index in [1.165, 1.54) is 0 Å². The van der Waals surface area contributed by atoms with Crippen LogP contribution in [0.5, 0.6) is 0 Å². The maximum Gasteiger partial charge on any atom is 1.00 e. The fourth-order valence-electron chi connectivity index (χ4n) is 0.355. The summed E-state index contributed by atoms with van der Waals surface area (Å²) in [5.41, 5.74) is 0. The van der Waals surface area contributed by atoms with E-state index in [1.807, 2.05) is 0 Å². The maximum absolute atomic E-state index is 10.2. The Balaban J connectivity index is 0.000001000. The molecule has 0 bridgehead atoms. The van der Waals surface area contributed by atoms with Gasteiger partial charge in [-0.05, 0) is 0 Å². The van der Waals surface area contributed by atoms with Gasteiger partial charge in [0.2, 0.25) is 0 Å². The van der Waals surface area contributed by atoms with Gasteiger partial charge in [-0.1, -0.05) is 22.9 Å². The molecule has 0 saturated heterocycles. The summed E-state index contributed by atoms with van der Waals surface area (Å²) in [6.45, 7) is 0. The molecule has 56 valence electrons. The van der Waals surface area contributed by atoms with E-state index in [0.29, 0.717) is 11.3 Å². The maximum atomic E-state index is 10.2. The third kappa shape index (κ3) is 3.37. The third-order valence-corrected chi connectivity index (χ3v) is 2.98. The Kier molecular flexibility index (Phi) is 4.49. The second-order valence-electron chi connectivity index (χ2n) is 1.38. The molecule has 1 aromatic rings. The van der Waals surface area contributed by atoms with Gasteiger partial charge in [-0.3, -0.25) is 0 Å². The van der Waals surface area contributed by atoms with Crippen LogP contribution < -0.4 is 29.6 Å². The quantitative estimate of drug-likeness (QED) is 0.395. The Labute approximate surface area is 94.6 Å². The summed E-state index contributed by atoms with van der Waals surface area (Å²) < 4.78 is 30.2. The molecule has 0 radical (unpaired) electrons. The van der Waals surface area contributed by atoms with Crippen LogP contribution in [0.15, 0.2) is 10.5 Å². The van der Waals surface area contributed by atoms with Crippen molar-refractivity contribution in [1.82, 2.24) is 4.98 Å². The predicted molar refractivity (Wildman–Crippen MR) is 35.1 cm³/mol. The molecule has 0 aliphatic heterocycles. The van der Waals surface area contributed by atoms with Gasteiger partial charge in [0.15, 0.2) is 14.5 Å². The van der Waals surface area contributed by atoms with Gasteiger partial charge in [-0.2, -0.15) is 0 Å². The van der Waals surface area contributed by atoms with E-state index in [1.54, 1.807) is 0 Å². The first-order chi connectivity index (χ1) is 4.50. The van der Waals surface area contributed by atoms with Crippen molar-refractivity contribution in [2.75, 3.05) is 0 Å². The van der Waals surface area contributed by atoms with Gasteiger partial charge in [-0.15, -0.1) is 0 Å². The molecule has 0 aliphatic carbocycles. The normalized spacial score (nSPS) is 10.7. The van der Waals surface area contributed by atoms with E-state index in [4.69, 9.17) is 11.6 Å².